The van der Waals surface area contributed by atoms with Crippen molar-refractivity contribution in [1.82, 2.24) is 20.4 Å². The quantitative estimate of drug-likeness (QED) is 0.888. The first-order chi connectivity index (χ1) is 12.1. The van der Waals surface area contributed by atoms with Gasteiger partial charge in [-0.15, -0.1) is 10.2 Å². The molecule has 1 aliphatic rings. The molecule has 0 spiro atoms. The number of nitrogens with one attached hydrogen (secondary N) is 1. The van der Waals surface area contributed by atoms with Gasteiger partial charge >= 0.3 is 0 Å². The zero-order valence-corrected chi connectivity index (χ0v) is 14.3. The number of benzene rings is 1. The molecule has 1 N–H and O–H groups in total. The van der Waals surface area contributed by atoms with Gasteiger partial charge in [-0.05, 0) is 37.2 Å². The number of rotatable bonds is 5. The van der Waals surface area contributed by atoms with E-state index < -0.39 is 0 Å². The topological polar surface area (TPSA) is 61.4 Å². The van der Waals surface area contributed by atoms with Crippen LogP contribution in [-0.4, -0.2) is 60.8 Å². The van der Waals surface area contributed by atoms with Gasteiger partial charge in [-0.2, -0.15) is 0 Å². The lowest BCUT2D eigenvalue weighted by molar-refractivity contribution is 0.0948. The highest BCUT2D eigenvalue weighted by Crippen LogP contribution is 2.12. The lowest BCUT2D eigenvalue weighted by atomic mass is 10.1. The second-order valence-electron chi connectivity index (χ2n) is 6.16. The third-order valence-electron chi connectivity index (χ3n) is 4.35. The Morgan fingerprint density at radius 3 is 2.56 bits per heavy atom. The molecule has 1 saturated heterocycles. The molecule has 1 amide bonds. The van der Waals surface area contributed by atoms with Gasteiger partial charge in [0.25, 0.3) is 5.91 Å². The minimum atomic E-state index is -0.297. The van der Waals surface area contributed by atoms with Gasteiger partial charge in [0.1, 0.15) is 5.82 Å². The molecule has 0 saturated carbocycles. The first kappa shape index (κ1) is 17.3. The molecule has 0 atom stereocenters. The van der Waals surface area contributed by atoms with Crippen LogP contribution in [-0.2, 0) is 6.42 Å². The van der Waals surface area contributed by atoms with Crippen LogP contribution in [0.15, 0.2) is 36.4 Å². The van der Waals surface area contributed by atoms with Crippen LogP contribution in [0.5, 0.6) is 0 Å². The van der Waals surface area contributed by atoms with Crippen molar-refractivity contribution in [3.05, 3.63) is 53.5 Å². The van der Waals surface area contributed by atoms with Crippen LogP contribution in [0, 0.1) is 5.82 Å². The number of halogens is 1. The Bertz CT molecular complexity index is 714. The molecule has 7 heteroatoms. The van der Waals surface area contributed by atoms with E-state index in [2.05, 4.69) is 32.4 Å². The van der Waals surface area contributed by atoms with Gasteiger partial charge in [0.15, 0.2) is 11.5 Å². The molecule has 0 radical (unpaired) electrons. The van der Waals surface area contributed by atoms with Crippen molar-refractivity contribution in [3.8, 4) is 0 Å². The summed E-state index contributed by atoms with van der Waals surface area (Å²) in [5.41, 5.74) is 0.853. The van der Waals surface area contributed by atoms with E-state index in [1.807, 2.05) is 6.07 Å². The van der Waals surface area contributed by atoms with Gasteiger partial charge in [-0.1, -0.05) is 18.2 Å². The number of hydrogen-bond acceptors (Lipinski definition) is 5. The Morgan fingerprint density at radius 1 is 1.12 bits per heavy atom. The summed E-state index contributed by atoms with van der Waals surface area (Å²) < 4.78 is 13.5. The van der Waals surface area contributed by atoms with Crippen LogP contribution in [0.3, 0.4) is 0 Å². The Balaban J connectivity index is 1.51. The lowest BCUT2D eigenvalue weighted by Gasteiger charge is -2.32. The molecule has 25 heavy (non-hydrogen) atoms. The number of hydrogen-bond donors (Lipinski definition) is 1. The summed E-state index contributed by atoms with van der Waals surface area (Å²) in [6.07, 6.45) is 0.436. The first-order valence-electron chi connectivity index (χ1n) is 8.42. The van der Waals surface area contributed by atoms with E-state index in [0.717, 1.165) is 32.0 Å². The van der Waals surface area contributed by atoms with Gasteiger partial charge in [0.2, 0.25) is 0 Å². The molecule has 0 bridgehead atoms. The van der Waals surface area contributed by atoms with E-state index in [1.54, 1.807) is 24.3 Å². The highest BCUT2D eigenvalue weighted by molar-refractivity contribution is 5.92. The van der Waals surface area contributed by atoms with Crippen LogP contribution in [0.1, 0.15) is 16.1 Å². The number of anilines is 1. The molecule has 2 heterocycles. The maximum atomic E-state index is 13.5. The third kappa shape index (κ3) is 4.51. The molecule has 1 fully saturated rings. The average molecular weight is 343 g/mol. The standard InChI is InChI=1S/C18H22FN5O/c1-23-10-12-24(13-11-23)17-7-6-16(21-22-17)18(25)20-9-8-14-4-2-3-5-15(14)19/h2-7H,8-13H2,1H3,(H,20,25). The van der Waals surface area contributed by atoms with E-state index in [9.17, 15) is 9.18 Å². The third-order valence-corrected chi connectivity index (χ3v) is 4.35. The van der Waals surface area contributed by atoms with Crippen molar-refractivity contribution in [3.63, 3.8) is 0 Å². The van der Waals surface area contributed by atoms with Crippen LogP contribution in [0.4, 0.5) is 10.2 Å². The number of carbonyl (C=O) groups is 1. The molecular weight excluding hydrogens is 321 g/mol. The SMILES string of the molecule is CN1CCN(c2ccc(C(=O)NCCc3ccccc3F)nn2)CC1. The fourth-order valence-corrected chi connectivity index (χ4v) is 2.75. The maximum absolute atomic E-state index is 13.5. The fraction of sp³-hybridized carbons (Fsp3) is 0.389. The first-order valence-corrected chi connectivity index (χ1v) is 8.42. The number of nitrogens with zero attached hydrogens (tertiary/aromatic N) is 4. The zero-order chi connectivity index (χ0) is 17.6. The number of carbonyl (C=O) groups excluding carboxylic acids is 1. The number of amides is 1. The second kappa shape index (κ2) is 8.02. The van der Waals surface area contributed by atoms with Gasteiger partial charge in [-0.25, -0.2) is 4.39 Å². The number of piperazine rings is 1. The zero-order valence-electron chi connectivity index (χ0n) is 14.3. The molecule has 0 aliphatic carbocycles. The van der Waals surface area contributed by atoms with E-state index >= 15 is 0 Å². The van der Waals surface area contributed by atoms with E-state index in [-0.39, 0.29) is 17.4 Å². The van der Waals surface area contributed by atoms with Crippen LogP contribution in [0.2, 0.25) is 0 Å². The molecule has 1 aromatic carbocycles. The maximum Gasteiger partial charge on any atom is 0.271 e. The summed E-state index contributed by atoms with van der Waals surface area (Å²) in [5.74, 6) is 0.234. The Kier molecular flexibility index (Phi) is 5.55. The fourth-order valence-electron chi connectivity index (χ4n) is 2.75. The van der Waals surface area contributed by atoms with Gasteiger partial charge in [0.05, 0.1) is 0 Å². The Hall–Kier alpha value is -2.54. The minimum absolute atomic E-state index is 0.256. The number of aromatic nitrogens is 2. The number of likely N-dealkylation sites (N-methyl/N-ethyl adjacent to an activating group) is 1. The summed E-state index contributed by atoms with van der Waals surface area (Å²) in [6.45, 7) is 4.13. The molecule has 1 aromatic heterocycles. The smallest absolute Gasteiger partial charge is 0.271 e. The average Bonchev–Trinajstić information content (AvgIpc) is 2.64. The van der Waals surface area contributed by atoms with Gasteiger partial charge in [0, 0.05) is 32.7 Å². The second-order valence-corrected chi connectivity index (χ2v) is 6.16. The minimum Gasteiger partial charge on any atom is -0.353 e. The van der Waals surface area contributed by atoms with Gasteiger partial charge < -0.3 is 15.1 Å². The van der Waals surface area contributed by atoms with Crippen molar-refractivity contribution in [2.24, 2.45) is 0 Å². The normalized spacial score (nSPS) is 15.2. The predicted molar refractivity (Wildman–Crippen MR) is 94.2 cm³/mol. The molecule has 2 aromatic rings. The predicted octanol–water partition coefficient (Wildman–Crippen LogP) is 1.34. The van der Waals surface area contributed by atoms with Crippen molar-refractivity contribution in [1.29, 1.82) is 0 Å². The van der Waals surface area contributed by atoms with Crippen molar-refractivity contribution in [2.45, 2.75) is 6.42 Å². The van der Waals surface area contributed by atoms with E-state index in [0.29, 0.717) is 18.5 Å². The lowest BCUT2D eigenvalue weighted by Crippen LogP contribution is -2.44. The Labute approximate surface area is 146 Å². The van der Waals surface area contributed by atoms with Crippen molar-refractivity contribution < 1.29 is 9.18 Å². The highest BCUT2D eigenvalue weighted by atomic mass is 19.1. The van der Waals surface area contributed by atoms with Crippen molar-refractivity contribution >= 4 is 11.7 Å². The van der Waals surface area contributed by atoms with E-state index in [4.69, 9.17) is 0 Å². The summed E-state index contributed by atoms with van der Waals surface area (Å²) in [6, 6.07) is 10.1. The summed E-state index contributed by atoms with van der Waals surface area (Å²) in [5, 5.41) is 10.9. The molecular formula is C18H22FN5O. The summed E-state index contributed by atoms with van der Waals surface area (Å²) >= 11 is 0. The molecule has 3 rings (SSSR count). The van der Waals surface area contributed by atoms with Crippen LogP contribution >= 0.6 is 0 Å². The van der Waals surface area contributed by atoms with Gasteiger partial charge in [-0.3, -0.25) is 4.79 Å². The summed E-state index contributed by atoms with van der Waals surface area (Å²) in [7, 11) is 2.10. The highest BCUT2D eigenvalue weighted by Gasteiger charge is 2.16. The van der Waals surface area contributed by atoms with Crippen LogP contribution in [0.25, 0.3) is 0 Å². The Morgan fingerprint density at radius 2 is 1.88 bits per heavy atom. The molecule has 6 nitrogen and oxygen atoms in total. The largest absolute Gasteiger partial charge is 0.353 e. The van der Waals surface area contributed by atoms with Crippen molar-refractivity contribution in [2.75, 3.05) is 44.7 Å². The van der Waals surface area contributed by atoms with E-state index in [1.165, 1.54) is 6.07 Å². The molecule has 1 aliphatic heterocycles. The summed E-state index contributed by atoms with van der Waals surface area (Å²) in [4.78, 5) is 16.5. The van der Waals surface area contributed by atoms with Crippen LogP contribution < -0.4 is 10.2 Å². The monoisotopic (exact) mass is 343 g/mol. The molecule has 0 unspecified atom stereocenters. The molecule has 132 valence electrons.